The van der Waals surface area contributed by atoms with Gasteiger partial charge in [0.2, 0.25) is 0 Å². The summed E-state index contributed by atoms with van der Waals surface area (Å²) >= 11 is 0. The quantitative estimate of drug-likeness (QED) is 0.425. The van der Waals surface area contributed by atoms with Crippen LogP contribution >= 0.6 is 8.81 Å². The maximum Gasteiger partial charge on any atom is 0.470 e. The van der Waals surface area contributed by atoms with E-state index in [-0.39, 0.29) is 0 Å². The smallest absolute Gasteiger partial charge is 0.422 e. The molecule has 2 atom stereocenters. The van der Waals surface area contributed by atoms with Gasteiger partial charge >= 0.3 is 8.80 Å². The molecular weight excluding hydrogens is 331 g/mol. The van der Waals surface area contributed by atoms with Crippen LogP contribution in [0.3, 0.4) is 0 Å². The van der Waals surface area contributed by atoms with E-state index in [9.17, 15) is 0 Å². The molecule has 0 rings (SSSR count). The molecule has 0 bridgehead atoms. The summed E-state index contributed by atoms with van der Waals surface area (Å²) in [6.07, 6.45) is 0. The zero-order chi connectivity index (χ0) is 14.2. The molecular formula is C8H29O4PSi5. The van der Waals surface area contributed by atoms with Gasteiger partial charge in [0.25, 0.3) is 0 Å². The van der Waals surface area contributed by atoms with E-state index in [1.165, 1.54) is 0 Å². The molecule has 0 spiro atoms. The van der Waals surface area contributed by atoms with Crippen LogP contribution in [0.15, 0.2) is 0 Å². The lowest BCUT2D eigenvalue weighted by molar-refractivity contribution is 0.275. The average Bonchev–Trinajstić information content (AvgIpc) is 2.29. The van der Waals surface area contributed by atoms with Crippen molar-refractivity contribution >= 4 is 55.2 Å². The molecule has 10 heteroatoms. The zero-order valence-electron chi connectivity index (χ0n) is 12.8. The summed E-state index contributed by atoms with van der Waals surface area (Å²) in [5.74, 6) is 0. The Morgan fingerprint density at radius 3 is 1.61 bits per heavy atom. The van der Waals surface area contributed by atoms with E-state index in [4.69, 9.17) is 16.6 Å². The predicted octanol–water partition coefficient (Wildman–Crippen LogP) is 0.745. The highest BCUT2D eigenvalue weighted by atomic mass is 31.1. The topological polar surface area (TPSA) is 36.9 Å². The van der Waals surface area contributed by atoms with Gasteiger partial charge in [-0.1, -0.05) is 26.6 Å². The van der Waals surface area contributed by atoms with Crippen LogP contribution in [-0.2, 0) is 16.6 Å². The van der Waals surface area contributed by atoms with Crippen LogP contribution < -0.4 is 0 Å². The lowest BCUT2D eigenvalue weighted by Gasteiger charge is -2.41. The lowest BCUT2D eigenvalue weighted by Crippen LogP contribution is -2.58. The highest BCUT2D eigenvalue weighted by molar-refractivity contribution is 7.34. The molecule has 0 saturated heterocycles. The standard InChI is InChI=1S/C8H29O4PSi5/c1-8(17(6,7)9-13-2)18(10-14-3,11-15-4)12-16-5/h8,13H,14-16H2,1-7H3. The Balaban J connectivity index is 5.12. The number of hydrogen-bond donors (Lipinski definition) is 0. The Hall–Kier alpha value is 1.35. The number of hydrogen-bond acceptors (Lipinski definition) is 4. The van der Waals surface area contributed by atoms with Gasteiger partial charge in [-0.25, -0.2) is 0 Å². The molecule has 4 nitrogen and oxygen atoms in total. The van der Waals surface area contributed by atoms with Crippen molar-refractivity contribution in [2.75, 3.05) is 6.66 Å². The molecule has 0 aromatic rings. The molecule has 0 aliphatic carbocycles. The third kappa shape index (κ3) is 5.39. The highest BCUT2D eigenvalue weighted by Gasteiger charge is 2.53. The van der Waals surface area contributed by atoms with E-state index < -0.39 is 46.4 Å². The summed E-state index contributed by atoms with van der Waals surface area (Å²) in [6, 6.07) is 0. The van der Waals surface area contributed by atoms with Crippen LogP contribution in [0.25, 0.3) is 0 Å². The van der Waals surface area contributed by atoms with Crippen LogP contribution in [0.2, 0.25) is 37.9 Å². The molecule has 0 fully saturated rings. The Labute approximate surface area is 123 Å². The van der Waals surface area contributed by atoms with Crippen LogP contribution in [0, 0.1) is 0 Å². The summed E-state index contributed by atoms with van der Waals surface area (Å²) in [5, 5.41) is 0.338. The molecule has 0 aromatic heterocycles. The fourth-order valence-corrected chi connectivity index (χ4v) is 22.0. The molecule has 0 amide bonds. The second-order valence-electron chi connectivity index (χ2n) is 4.53. The minimum absolute atomic E-state index is 0.338. The minimum Gasteiger partial charge on any atom is -0.422 e. The van der Waals surface area contributed by atoms with Crippen LogP contribution in [-0.4, -0.2) is 53.1 Å². The number of rotatable bonds is 10. The van der Waals surface area contributed by atoms with Crippen molar-refractivity contribution in [3.63, 3.8) is 0 Å². The van der Waals surface area contributed by atoms with Crippen molar-refractivity contribution in [1.29, 1.82) is 0 Å². The molecule has 0 aliphatic rings. The normalized spacial score (nSPS) is 20.2. The fourth-order valence-electron chi connectivity index (χ4n) is 1.88. The average molecular weight is 361 g/mol. The molecule has 110 valence electrons. The molecule has 0 aromatic carbocycles. The van der Waals surface area contributed by atoms with Gasteiger partial charge in [0, 0.05) is 5.16 Å². The summed E-state index contributed by atoms with van der Waals surface area (Å²) in [7, 11) is -5.26. The Morgan fingerprint density at radius 1 is 0.944 bits per heavy atom. The maximum atomic E-state index is 6.17. The third-order valence-electron chi connectivity index (χ3n) is 2.97. The summed E-state index contributed by atoms with van der Waals surface area (Å²) < 4.78 is 24.5. The van der Waals surface area contributed by atoms with Gasteiger partial charge in [0.15, 0.2) is 8.32 Å². The van der Waals surface area contributed by atoms with Gasteiger partial charge < -0.3 is 16.6 Å². The van der Waals surface area contributed by atoms with Crippen molar-refractivity contribution in [1.82, 2.24) is 0 Å². The molecule has 18 heavy (non-hydrogen) atoms. The van der Waals surface area contributed by atoms with Gasteiger partial charge in [-0.05, 0) is 28.6 Å². The predicted molar refractivity (Wildman–Crippen MR) is 94.5 cm³/mol. The molecule has 0 aliphatic heterocycles. The zero-order valence-corrected chi connectivity index (χ0v) is 20.1. The fraction of sp³-hybridized carbons (Fsp3) is 1.00. The monoisotopic (exact) mass is 360 g/mol. The molecule has 0 radical (unpaired) electrons. The van der Waals surface area contributed by atoms with Gasteiger partial charge in [0.05, 0.1) is 0 Å². The van der Waals surface area contributed by atoms with Crippen molar-refractivity contribution in [3.8, 4) is 0 Å². The minimum atomic E-state index is -2.45. The summed E-state index contributed by atoms with van der Waals surface area (Å²) in [4.78, 5) is 0. The maximum absolute atomic E-state index is 6.17. The van der Waals surface area contributed by atoms with Gasteiger partial charge in [-0.2, -0.15) is 0 Å². The molecule has 0 N–H and O–H groups in total. The molecule has 2 unspecified atom stereocenters. The Kier molecular flexibility index (Phi) is 10.0. The van der Waals surface area contributed by atoms with Crippen molar-refractivity contribution in [2.24, 2.45) is 0 Å². The first-order chi connectivity index (χ1) is 8.40. The van der Waals surface area contributed by atoms with Crippen molar-refractivity contribution in [3.05, 3.63) is 0 Å². The molecule has 0 saturated carbocycles. The van der Waals surface area contributed by atoms with Gasteiger partial charge in [-0.15, -0.1) is 0 Å². The SMILES string of the molecule is C[SiH2]O[Si](O[SiH2]C)(O[SiH2]C)C(C)[Si](C)(C)OPC. The van der Waals surface area contributed by atoms with E-state index in [0.29, 0.717) is 14.0 Å². The first kappa shape index (κ1) is 19.4. The van der Waals surface area contributed by atoms with E-state index in [1.807, 2.05) is 0 Å². The van der Waals surface area contributed by atoms with Gasteiger partial charge in [-0.3, -0.25) is 0 Å². The first-order valence-corrected chi connectivity index (χ1v) is 18.8. The first-order valence-electron chi connectivity index (χ1n) is 6.66. The third-order valence-corrected chi connectivity index (χ3v) is 20.5. The Bertz CT molecular complexity index is 217. The van der Waals surface area contributed by atoms with E-state index >= 15 is 0 Å². The summed E-state index contributed by atoms with van der Waals surface area (Å²) in [6.45, 7) is 15.3. The largest absolute Gasteiger partial charge is 0.470 e. The van der Waals surface area contributed by atoms with Crippen molar-refractivity contribution in [2.45, 2.75) is 44.8 Å². The second-order valence-corrected chi connectivity index (χ2v) is 17.7. The molecule has 0 heterocycles. The van der Waals surface area contributed by atoms with E-state index in [0.717, 1.165) is 0 Å². The van der Waals surface area contributed by atoms with Crippen molar-refractivity contribution < 1.29 is 16.6 Å². The van der Waals surface area contributed by atoms with Gasteiger partial charge in [0.1, 0.15) is 29.3 Å². The van der Waals surface area contributed by atoms with E-state index in [2.05, 4.69) is 46.3 Å². The highest BCUT2D eigenvalue weighted by Crippen LogP contribution is 2.37. The van der Waals surface area contributed by atoms with Crippen LogP contribution in [0.5, 0.6) is 0 Å². The second kappa shape index (κ2) is 9.32. The lowest BCUT2D eigenvalue weighted by atomic mass is 10.9. The summed E-state index contributed by atoms with van der Waals surface area (Å²) in [5.41, 5.74) is 0. The van der Waals surface area contributed by atoms with Crippen LogP contribution in [0.4, 0.5) is 0 Å². The van der Waals surface area contributed by atoms with Crippen LogP contribution in [0.1, 0.15) is 6.92 Å². The van der Waals surface area contributed by atoms with E-state index in [1.54, 1.807) is 0 Å². The Morgan fingerprint density at radius 2 is 1.33 bits per heavy atom.